The van der Waals surface area contributed by atoms with Gasteiger partial charge in [0.1, 0.15) is 22.1 Å². The molecule has 0 spiro atoms. The van der Waals surface area contributed by atoms with Gasteiger partial charge < -0.3 is 0 Å². The topological polar surface area (TPSA) is 51.6 Å². The number of hydrogen-bond acceptors (Lipinski definition) is 6. The molecule has 7 aromatic carbocycles. The first kappa shape index (κ1) is 50.4. The van der Waals surface area contributed by atoms with Crippen molar-refractivity contribution in [2.24, 2.45) is 0 Å². The fourth-order valence-electron chi connectivity index (χ4n) is 12.2. The Morgan fingerprint density at radius 2 is 0.753 bits per heavy atom. The van der Waals surface area contributed by atoms with Crippen LogP contribution in [0.25, 0.3) is 110 Å². The van der Waals surface area contributed by atoms with Crippen LogP contribution in [-0.2, 0) is 5.41 Å². The largest absolute Gasteiger partial charge is 0.243 e. The number of thiophene rings is 2. The van der Waals surface area contributed by atoms with Crippen molar-refractivity contribution < 1.29 is 0 Å². The Labute approximate surface area is 463 Å². The predicted molar refractivity (Wildman–Crippen MR) is 329 cm³/mol. The molecule has 0 unspecified atom stereocenters. The molecule has 12 rings (SSSR count). The molecule has 6 heteroatoms. The number of rotatable bonds is 21. The minimum absolute atomic E-state index is 0.0126. The van der Waals surface area contributed by atoms with Crippen LogP contribution in [-0.4, -0.2) is 19.9 Å². The predicted octanol–water partition coefficient (Wildman–Crippen LogP) is 21.1. The summed E-state index contributed by atoms with van der Waals surface area (Å²) >= 11 is 3.53. The zero-order valence-corrected chi connectivity index (χ0v) is 46.1. The lowest BCUT2D eigenvalue weighted by molar-refractivity contribution is 0.398. The van der Waals surface area contributed by atoms with E-state index in [1.54, 1.807) is 11.3 Å². The van der Waals surface area contributed by atoms with Gasteiger partial charge in [-0.15, -0.1) is 22.7 Å². The van der Waals surface area contributed by atoms with E-state index >= 15 is 0 Å². The van der Waals surface area contributed by atoms with Crippen LogP contribution in [0.1, 0.15) is 115 Å². The number of unbranched alkanes of at least 4 members (excludes halogenated alkanes) is 10. The third-order valence-corrected chi connectivity index (χ3v) is 18.1. The van der Waals surface area contributed by atoms with Crippen molar-refractivity contribution in [3.05, 3.63) is 205 Å². The van der Waals surface area contributed by atoms with E-state index in [9.17, 15) is 0 Å². The molecule has 4 heterocycles. The first-order valence-electron chi connectivity index (χ1n) is 28.3. The molecule has 0 saturated heterocycles. The van der Waals surface area contributed by atoms with Crippen molar-refractivity contribution in [3.8, 4) is 87.5 Å². The summed E-state index contributed by atoms with van der Waals surface area (Å²) in [5, 5.41) is 2.14. The summed E-state index contributed by atoms with van der Waals surface area (Å²) in [5.74, 6) is 0. The van der Waals surface area contributed by atoms with Crippen molar-refractivity contribution in [1.82, 2.24) is 19.9 Å². The van der Waals surface area contributed by atoms with E-state index in [4.69, 9.17) is 19.9 Å². The summed E-state index contributed by atoms with van der Waals surface area (Å²) in [6.07, 6.45) is 18.0. The van der Waals surface area contributed by atoms with E-state index in [0.29, 0.717) is 0 Å². The highest BCUT2D eigenvalue weighted by atomic mass is 32.1. The molecule has 0 bridgehead atoms. The second kappa shape index (κ2) is 23.1. The monoisotopic (exact) mass is 1040 g/mol. The molecule has 0 amide bonds. The fourth-order valence-corrected chi connectivity index (χ4v) is 14.0. The van der Waals surface area contributed by atoms with Crippen LogP contribution in [0.15, 0.2) is 193 Å². The van der Waals surface area contributed by atoms with Crippen LogP contribution in [0.3, 0.4) is 0 Å². The molecule has 11 aromatic rings. The number of hydrogen-bond donors (Lipinski definition) is 0. The molecule has 4 aromatic heterocycles. The second-order valence-electron chi connectivity index (χ2n) is 21.0. The molecule has 0 N–H and O–H groups in total. The van der Waals surface area contributed by atoms with E-state index < -0.39 is 0 Å². The zero-order valence-electron chi connectivity index (χ0n) is 44.5. The van der Waals surface area contributed by atoms with Crippen LogP contribution in [0.4, 0.5) is 0 Å². The minimum atomic E-state index is -0.0126. The Bertz CT molecular complexity index is 3610. The quantitative estimate of drug-likeness (QED) is 0.0532. The molecule has 1 aliphatic carbocycles. The second-order valence-corrected chi connectivity index (χ2v) is 23.0. The molecule has 1 aliphatic rings. The summed E-state index contributed by atoms with van der Waals surface area (Å²) in [4.78, 5) is 26.7. The van der Waals surface area contributed by atoms with Gasteiger partial charge in [-0.05, 0) is 70.3 Å². The molecule has 0 atom stereocenters. The summed E-state index contributed by atoms with van der Waals surface area (Å²) in [6.45, 7) is 4.63. The maximum absolute atomic E-state index is 5.86. The minimum Gasteiger partial charge on any atom is -0.243 e. The molecule has 0 radical (unpaired) electrons. The highest BCUT2D eigenvalue weighted by Gasteiger charge is 2.42. The van der Waals surface area contributed by atoms with Crippen molar-refractivity contribution >= 4 is 44.7 Å². The maximum atomic E-state index is 5.86. The van der Waals surface area contributed by atoms with E-state index in [0.717, 1.165) is 88.0 Å². The zero-order chi connectivity index (χ0) is 52.0. The van der Waals surface area contributed by atoms with Gasteiger partial charge in [-0.3, -0.25) is 0 Å². The highest BCUT2D eigenvalue weighted by Crippen LogP contribution is 2.56. The Balaban J connectivity index is 1.09. The summed E-state index contributed by atoms with van der Waals surface area (Å²) < 4.78 is 0. The van der Waals surface area contributed by atoms with Crippen LogP contribution < -0.4 is 0 Å². The van der Waals surface area contributed by atoms with Gasteiger partial charge in [0, 0.05) is 53.4 Å². The Morgan fingerprint density at radius 3 is 1.22 bits per heavy atom. The summed E-state index contributed by atoms with van der Waals surface area (Å²) in [5.41, 5.74) is 19.7. The van der Waals surface area contributed by atoms with Crippen molar-refractivity contribution in [2.45, 2.75) is 109 Å². The van der Waals surface area contributed by atoms with Gasteiger partial charge in [-0.1, -0.05) is 255 Å². The van der Waals surface area contributed by atoms with Gasteiger partial charge >= 0.3 is 0 Å². The van der Waals surface area contributed by atoms with Gasteiger partial charge in [-0.25, -0.2) is 19.9 Å². The fraction of sp³-hybridized carbons (Fsp3) is 0.239. The molecule has 4 nitrogen and oxygen atoms in total. The molecular weight excluding hydrogens is 973 g/mol. The Kier molecular flexibility index (Phi) is 15.1. The SMILES string of the molecule is CCCCCCCCC1(CCCCCCCC)c2ccccc2-c2ccc(-c3ccc(-c4c5nc(-c6ccccc6)c(-c6ccccc6)nc5c(-c5cccs5)c5nc(-c6ccccc6)c(-c6ccccc6)nc45)s3)cc21. The lowest BCUT2D eigenvalue weighted by atomic mass is 9.70. The smallest absolute Gasteiger partial charge is 0.101 e. The van der Waals surface area contributed by atoms with Gasteiger partial charge in [0.15, 0.2) is 0 Å². The summed E-state index contributed by atoms with van der Waals surface area (Å²) in [7, 11) is 0. The lowest BCUT2D eigenvalue weighted by Gasteiger charge is -2.33. The van der Waals surface area contributed by atoms with Gasteiger partial charge in [0.25, 0.3) is 0 Å². The Hall–Kier alpha value is -7.38. The normalized spacial score (nSPS) is 12.6. The van der Waals surface area contributed by atoms with E-state index in [1.807, 2.05) is 11.3 Å². The number of aromatic nitrogens is 4. The molecule has 77 heavy (non-hydrogen) atoms. The highest BCUT2D eigenvalue weighted by molar-refractivity contribution is 7.19. The molecule has 0 aliphatic heterocycles. The maximum Gasteiger partial charge on any atom is 0.101 e. The van der Waals surface area contributed by atoms with Gasteiger partial charge in [0.05, 0.1) is 22.8 Å². The van der Waals surface area contributed by atoms with E-state index in [2.05, 4.69) is 207 Å². The average molecular weight is 1040 g/mol. The number of fused-ring (bicyclic) bond motifs is 5. The molecule has 382 valence electrons. The molecule has 0 fully saturated rings. The number of nitrogens with zero attached hydrogens (tertiary/aromatic N) is 4. The molecule has 0 saturated carbocycles. The number of benzene rings is 7. The van der Waals surface area contributed by atoms with Crippen LogP contribution in [0.5, 0.6) is 0 Å². The van der Waals surface area contributed by atoms with Gasteiger partial charge in [0.2, 0.25) is 0 Å². The lowest BCUT2D eigenvalue weighted by Crippen LogP contribution is -2.25. The Morgan fingerprint density at radius 1 is 0.338 bits per heavy atom. The molecular formula is C71H66N4S2. The third-order valence-electron chi connectivity index (χ3n) is 16.0. The standard InChI is InChI=1S/C71H66N4S2/c1-3-5-7-9-11-27-45-71(46-28-12-10-8-6-4-2)56-39-26-25-38-54(56)55-42-41-53(48-57(55)71)58-43-44-60(77-58)62-69-67(72-63(49-30-17-13-18-31-49)65(74-69)51-34-21-15-22-35-51)61(59-40-29-47-76-59)68-70(62)75-66(52-36-23-16-24-37-52)64(73-68)50-32-19-14-20-33-50/h13-26,29-44,47-48H,3-12,27-28,45-46H2,1-2H3. The van der Waals surface area contributed by atoms with Crippen LogP contribution in [0.2, 0.25) is 0 Å². The average Bonchev–Trinajstić information content (AvgIpc) is 4.45. The van der Waals surface area contributed by atoms with Crippen molar-refractivity contribution in [2.75, 3.05) is 0 Å². The van der Waals surface area contributed by atoms with Crippen molar-refractivity contribution in [3.63, 3.8) is 0 Å². The third kappa shape index (κ3) is 9.99. The first-order valence-corrected chi connectivity index (χ1v) is 30.0. The van der Waals surface area contributed by atoms with E-state index in [-0.39, 0.29) is 5.41 Å². The first-order chi connectivity index (χ1) is 38.1. The van der Waals surface area contributed by atoms with Crippen molar-refractivity contribution in [1.29, 1.82) is 0 Å². The summed E-state index contributed by atoms with van der Waals surface area (Å²) in [6, 6.07) is 67.9. The van der Waals surface area contributed by atoms with Crippen LogP contribution in [0, 0.1) is 0 Å². The van der Waals surface area contributed by atoms with E-state index in [1.165, 1.54) is 123 Å². The van der Waals surface area contributed by atoms with Gasteiger partial charge in [-0.2, -0.15) is 0 Å². The van der Waals surface area contributed by atoms with Crippen LogP contribution >= 0.6 is 22.7 Å².